The number of para-hydroxylation sites is 1. The van der Waals surface area contributed by atoms with Gasteiger partial charge in [0.05, 0.1) is 16.3 Å². The first-order valence-corrected chi connectivity index (χ1v) is 12.0. The van der Waals surface area contributed by atoms with Gasteiger partial charge >= 0.3 is 6.03 Å². The van der Waals surface area contributed by atoms with Gasteiger partial charge in [0.1, 0.15) is 6.04 Å². The van der Waals surface area contributed by atoms with Crippen molar-refractivity contribution in [2.24, 2.45) is 5.92 Å². The SMILES string of the molecule is CC(C)C(NC(=O)Nc1ccccc1Br)C(=O)N1CCN(C(=O)c2ccccc2Cl)C(C)C1. The van der Waals surface area contributed by atoms with E-state index in [4.69, 9.17) is 11.6 Å². The summed E-state index contributed by atoms with van der Waals surface area (Å²) in [6, 6.07) is 12.9. The second-order valence-electron chi connectivity index (χ2n) is 8.41. The van der Waals surface area contributed by atoms with Crippen LogP contribution in [-0.4, -0.2) is 59.4 Å². The summed E-state index contributed by atoms with van der Waals surface area (Å²) in [4.78, 5) is 42.3. The molecule has 176 valence electrons. The lowest BCUT2D eigenvalue weighted by Gasteiger charge is -2.41. The molecule has 1 aliphatic rings. The number of anilines is 1. The maximum absolute atomic E-state index is 13.3. The van der Waals surface area contributed by atoms with Gasteiger partial charge < -0.3 is 20.4 Å². The molecule has 2 aromatic carbocycles. The molecule has 2 unspecified atom stereocenters. The maximum atomic E-state index is 13.3. The number of nitrogens with one attached hydrogen (secondary N) is 2. The molecular formula is C24H28BrClN4O3. The van der Waals surface area contributed by atoms with Crippen molar-refractivity contribution in [3.63, 3.8) is 0 Å². The number of piperazine rings is 1. The quantitative estimate of drug-likeness (QED) is 0.586. The molecule has 4 amide bonds. The van der Waals surface area contributed by atoms with Crippen molar-refractivity contribution in [3.05, 3.63) is 63.6 Å². The van der Waals surface area contributed by atoms with E-state index in [9.17, 15) is 14.4 Å². The number of urea groups is 1. The molecule has 0 aromatic heterocycles. The molecule has 1 aliphatic heterocycles. The van der Waals surface area contributed by atoms with Crippen molar-refractivity contribution < 1.29 is 14.4 Å². The van der Waals surface area contributed by atoms with Crippen molar-refractivity contribution in [1.82, 2.24) is 15.1 Å². The molecule has 1 fully saturated rings. The lowest BCUT2D eigenvalue weighted by molar-refractivity contribution is -0.136. The van der Waals surface area contributed by atoms with Gasteiger partial charge in [0.25, 0.3) is 5.91 Å². The minimum Gasteiger partial charge on any atom is -0.337 e. The zero-order valence-electron chi connectivity index (χ0n) is 18.8. The Morgan fingerprint density at radius 3 is 2.36 bits per heavy atom. The smallest absolute Gasteiger partial charge is 0.319 e. The first kappa shape index (κ1) is 25.1. The fourth-order valence-corrected chi connectivity index (χ4v) is 4.42. The second kappa shape index (κ2) is 11.0. The van der Waals surface area contributed by atoms with Gasteiger partial charge in [0.2, 0.25) is 5.91 Å². The van der Waals surface area contributed by atoms with Gasteiger partial charge in [-0.15, -0.1) is 0 Å². The fourth-order valence-electron chi connectivity index (χ4n) is 3.82. The fraction of sp³-hybridized carbons (Fsp3) is 0.375. The summed E-state index contributed by atoms with van der Waals surface area (Å²) >= 11 is 9.60. The minimum absolute atomic E-state index is 0.111. The third-order valence-electron chi connectivity index (χ3n) is 5.65. The summed E-state index contributed by atoms with van der Waals surface area (Å²) in [7, 11) is 0. The van der Waals surface area contributed by atoms with Crippen LogP contribution in [0.2, 0.25) is 5.02 Å². The van der Waals surface area contributed by atoms with E-state index in [0.717, 1.165) is 4.47 Å². The van der Waals surface area contributed by atoms with E-state index in [-0.39, 0.29) is 23.8 Å². The number of hydrogen-bond donors (Lipinski definition) is 2. The molecule has 1 saturated heterocycles. The predicted molar refractivity (Wildman–Crippen MR) is 133 cm³/mol. The van der Waals surface area contributed by atoms with Gasteiger partial charge in [-0.3, -0.25) is 9.59 Å². The Hall–Kier alpha value is -2.58. The summed E-state index contributed by atoms with van der Waals surface area (Å²) in [5.41, 5.74) is 1.07. The van der Waals surface area contributed by atoms with Crippen molar-refractivity contribution in [2.75, 3.05) is 25.0 Å². The van der Waals surface area contributed by atoms with Crippen molar-refractivity contribution >= 4 is 51.1 Å². The topological polar surface area (TPSA) is 81.8 Å². The number of benzene rings is 2. The number of hydrogen-bond acceptors (Lipinski definition) is 3. The highest BCUT2D eigenvalue weighted by atomic mass is 79.9. The Kier molecular flexibility index (Phi) is 8.37. The zero-order valence-corrected chi connectivity index (χ0v) is 21.2. The second-order valence-corrected chi connectivity index (χ2v) is 9.67. The van der Waals surface area contributed by atoms with E-state index < -0.39 is 12.1 Å². The molecule has 2 N–H and O–H groups in total. The number of halogens is 2. The molecule has 0 radical (unpaired) electrons. The van der Waals surface area contributed by atoms with Crippen LogP contribution in [0.4, 0.5) is 10.5 Å². The lowest BCUT2D eigenvalue weighted by atomic mass is 10.0. The third-order valence-corrected chi connectivity index (χ3v) is 6.67. The van der Waals surface area contributed by atoms with Crippen LogP contribution >= 0.6 is 27.5 Å². The van der Waals surface area contributed by atoms with E-state index >= 15 is 0 Å². The summed E-state index contributed by atoms with van der Waals surface area (Å²) in [5.74, 6) is -0.420. The van der Waals surface area contributed by atoms with Gasteiger partial charge in [-0.05, 0) is 53.0 Å². The van der Waals surface area contributed by atoms with Gasteiger partial charge in [0.15, 0.2) is 0 Å². The van der Waals surface area contributed by atoms with Gasteiger partial charge in [-0.2, -0.15) is 0 Å². The molecule has 0 aliphatic carbocycles. The zero-order chi connectivity index (χ0) is 24.1. The van der Waals surface area contributed by atoms with Crippen molar-refractivity contribution in [1.29, 1.82) is 0 Å². The van der Waals surface area contributed by atoms with E-state index in [1.54, 1.807) is 40.1 Å². The first-order valence-electron chi connectivity index (χ1n) is 10.9. The Balaban J connectivity index is 1.64. The van der Waals surface area contributed by atoms with Gasteiger partial charge in [-0.25, -0.2) is 4.79 Å². The van der Waals surface area contributed by atoms with Crippen LogP contribution < -0.4 is 10.6 Å². The number of nitrogens with zero attached hydrogens (tertiary/aromatic N) is 2. The predicted octanol–water partition coefficient (Wildman–Crippen LogP) is 4.62. The molecular weight excluding hydrogens is 508 g/mol. The van der Waals surface area contributed by atoms with Crippen LogP contribution in [-0.2, 0) is 4.79 Å². The Bertz CT molecular complexity index is 1030. The van der Waals surface area contributed by atoms with Crippen molar-refractivity contribution in [2.45, 2.75) is 32.9 Å². The average molecular weight is 536 g/mol. The van der Waals surface area contributed by atoms with E-state index in [1.165, 1.54) is 0 Å². The molecule has 33 heavy (non-hydrogen) atoms. The molecule has 1 heterocycles. The molecule has 3 rings (SSSR count). The highest BCUT2D eigenvalue weighted by Gasteiger charge is 2.35. The standard InChI is InChI=1S/C24H28BrClN4O3/c1-15(2)21(28-24(33)27-20-11-7-5-9-18(20)25)23(32)29-12-13-30(16(3)14-29)22(31)17-8-4-6-10-19(17)26/h4-11,15-16,21H,12-14H2,1-3H3,(H2,27,28,33). The molecule has 9 heteroatoms. The monoisotopic (exact) mass is 534 g/mol. The number of carbonyl (C=O) groups is 3. The van der Waals surface area contributed by atoms with Gasteiger partial charge in [0, 0.05) is 30.1 Å². The molecule has 0 spiro atoms. The van der Waals surface area contributed by atoms with Crippen LogP contribution in [0, 0.1) is 5.92 Å². The maximum Gasteiger partial charge on any atom is 0.319 e. The Labute approximate surface area is 207 Å². The molecule has 0 saturated carbocycles. The molecule has 0 bridgehead atoms. The van der Waals surface area contributed by atoms with E-state index in [0.29, 0.717) is 35.9 Å². The van der Waals surface area contributed by atoms with Crippen molar-refractivity contribution in [3.8, 4) is 0 Å². The number of amides is 4. The van der Waals surface area contributed by atoms with Crippen LogP contribution in [0.1, 0.15) is 31.1 Å². The highest BCUT2D eigenvalue weighted by Crippen LogP contribution is 2.22. The third kappa shape index (κ3) is 6.06. The normalized spacial score (nSPS) is 17.0. The summed E-state index contributed by atoms with van der Waals surface area (Å²) in [6.07, 6.45) is 0. The van der Waals surface area contributed by atoms with Crippen LogP contribution in [0.3, 0.4) is 0 Å². The molecule has 2 aromatic rings. The van der Waals surface area contributed by atoms with E-state index in [1.807, 2.05) is 39.0 Å². The highest BCUT2D eigenvalue weighted by molar-refractivity contribution is 9.10. The minimum atomic E-state index is -0.689. The molecule has 2 atom stereocenters. The summed E-state index contributed by atoms with van der Waals surface area (Å²) < 4.78 is 0.751. The molecule has 7 nitrogen and oxygen atoms in total. The van der Waals surface area contributed by atoms with Crippen LogP contribution in [0.15, 0.2) is 53.0 Å². The largest absolute Gasteiger partial charge is 0.337 e. The Morgan fingerprint density at radius 1 is 1.06 bits per heavy atom. The average Bonchev–Trinajstić information content (AvgIpc) is 2.78. The van der Waals surface area contributed by atoms with Gasteiger partial charge in [-0.1, -0.05) is 49.7 Å². The number of rotatable bonds is 5. The Morgan fingerprint density at radius 2 is 1.73 bits per heavy atom. The summed E-state index contributed by atoms with van der Waals surface area (Å²) in [5, 5.41) is 6.00. The summed E-state index contributed by atoms with van der Waals surface area (Å²) in [6.45, 7) is 6.85. The first-order chi connectivity index (χ1) is 15.7. The van der Waals surface area contributed by atoms with Crippen LogP contribution in [0.25, 0.3) is 0 Å². The number of carbonyl (C=O) groups excluding carboxylic acids is 3. The van der Waals surface area contributed by atoms with E-state index in [2.05, 4.69) is 26.6 Å². The lowest BCUT2D eigenvalue weighted by Crippen LogP contribution is -2.60. The van der Waals surface area contributed by atoms with Crippen LogP contribution in [0.5, 0.6) is 0 Å².